The number of carbonyl (C=O) groups excluding carboxylic acids is 1. The van der Waals surface area contributed by atoms with E-state index in [1.165, 1.54) is 17.8 Å². The van der Waals surface area contributed by atoms with Gasteiger partial charge in [0.15, 0.2) is 0 Å². The summed E-state index contributed by atoms with van der Waals surface area (Å²) in [4.78, 5) is 16.8. The van der Waals surface area contributed by atoms with Crippen LogP contribution >= 0.6 is 23.4 Å². The van der Waals surface area contributed by atoms with Crippen LogP contribution in [0.5, 0.6) is 0 Å². The van der Waals surface area contributed by atoms with Crippen LogP contribution in [0.4, 0.5) is 18.9 Å². The summed E-state index contributed by atoms with van der Waals surface area (Å²) < 4.78 is 42.9. The quantitative estimate of drug-likeness (QED) is 0.344. The first-order valence-corrected chi connectivity index (χ1v) is 10.8. The predicted molar refractivity (Wildman–Crippen MR) is 119 cm³/mol. The number of aromatic nitrogens is 3. The molecule has 4 rings (SSSR count). The molecule has 32 heavy (non-hydrogen) atoms. The number of hydrogen-bond donors (Lipinski definition) is 1. The molecule has 164 valence electrons. The first kappa shape index (κ1) is 22.0. The molecule has 0 aliphatic carbocycles. The van der Waals surface area contributed by atoms with E-state index in [1.807, 2.05) is 64.2 Å². The van der Waals surface area contributed by atoms with Gasteiger partial charge in [-0.25, -0.2) is 4.68 Å². The Morgan fingerprint density at radius 3 is 2.53 bits per heavy atom. The number of halogens is 4. The van der Waals surface area contributed by atoms with Crippen molar-refractivity contribution in [2.45, 2.75) is 11.2 Å². The van der Waals surface area contributed by atoms with Gasteiger partial charge >= 0.3 is 6.18 Å². The van der Waals surface area contributed by atoms with E-state index in [1.54, 1.807) is 6.20 Å². The molecule has 0 radical (unpaired) electrons. The normalized spacial score (nSPS) is 11.5. The standard InChI is InChI=1S/C22H16ClF3N4OS/c23-17-7-6-15(13-16(17)22(24,25)26)28-20(31)14-32-21-9-8-19(18-5-1-2-10-27-18)30(21)29-11-3-4-12-29/h1-13H,14H2,(H,28,31). The van der Waals surface area contributed by atoms with Crippen molar-refractivity contribution in [2.24, 2.45) is 0 Å². The lowest BCUT2D eigenvalue weighted by Gasteiger charge is -2.14. The molecule has 0 atom stereocenters. The number of thioether (sulfide) groups is 1. The van der Waals surface area contributed by atoms with Crippen LogP contribution in [0.15, 0.2) is 84.3 Å². The molecule has 0 aliphatic heterocycles. The summed E-state index contributed by atoms with van der Waals surface area (Å²) in [7, 11) is 0. The van der Waals surface area contributed by atoms with Crippen molar-refractivity contribution >= 4 is 35.0 Å². The van der Waals surface area contributed by atoms with Crippen molar-refractivity contribution in [1.82, 2.24) is 14.3 Å². The summed E-state index contributed by atoms with van der Waals surface area (Å²) in [6.45, 7) is 0. The van der Waals surface area contributed by atoms with E-state index in [0.717, 1.165) is 28.5 Å². The fourth-order valence-corrected chi connectivity index (χ4v) is 4.14. The molecule has 0 unspecified atom stereocenters. The Labute approximate surface area is 190 Å². The van der Waals surface area contributed by atoms with E-state index in [2.05, 4.69) is 10.3 Å². The first-order chi connectivity index (χ1) is 15.3. The number of pyridine rings is 1. The van der Waals surface area contributed by atoms with Crippen molar-refractivity contribution in [1.29, 1.82) is 0 Å². The molecule has 0 spiro atoms. The molecule has 1 aromatic carbocycles. The van der Waals surface area contributed by atoms with Crippen LogP contribution in [0.25, 0.3) is 11.4 Å². The molecule has 1 N–H and O–H groups in total. The lowest BCUT2D eigenvalue weighted by molar-refractivity contribution is -0.137. The van der Waals surface area contributed by atoms with Gasteiger partial charge in [0.25, 0.3) is 0 Å². The number of hydrogen-bond acceptors (Lipinski definition) is 3. The van der Waals surface area contributed by atoms with Gasteiger partial charge in [-0.05, 0) is 54.6 Å². The van der Waals surface area contributed by atoms with Crippen LogP contribution in [-0.2, 0) is 11.0 Å². The SMILES string of the molecule is O=C(CSc1ccc(-c2ccccn2)n1-n1cccc1)Nc1ccc(Cl)c(C(F)(F)F)c1. The van der Waals surface area contributed by atoms with Gasteiger partial charge in [0.05, 0.1) is 32.8 Å². The topological polar surface area (TPSA) is 51.9 Å². The molecule has 0 fully saturated rings. The molecule has 0 saturated heterocycles. The number of alkyl halides is 3. The summed E-state index contributed by atoms with van der Waals surface area (Å²) >= 11 is 6.89. The molecule has 0 saturated carbocycles. The maximum atomic E-state index is 13.0. The third-order valence-electron chi connectivity index (χ3n) is 4.47. The monoisotopic (exact) mass is 476 g/mol. The maximum Gasteiger partial charge on any atom is 0.417 e. The van der Waals surface area contributed by atoms with Crippen molar-refractivity contribution in [3.05, 3.63) is 89.8 Å². The van der Waals surface area contributed by atoms with Gasteiger partial charge in [0.2, 0.25) is 5.91 Å². The number of amides is 1. The smallest absolute Gasteiger partial charge is 0.325 e. The van der Waals surface area contributed by atoms with Gasteiger partial charge in [-0.15, -0.1) is 0 Å². The highest BCUT2D eigenvalue weighted by Crippen LogP contribution is 2.36. The Balaban J connectivity index is 1.52. The zero-order valence-electron chi connectivity index (χ0n) is 16.4. The van der Waals surface area contributed by atoms with Crippen LogP contribution in [0.2, 0.25) is 5.02 Å². The second-order valence-electron chi connectivity index (χ2n) is 6.68. The van der Waals surface area contributed by atoms with Crippen molar-refractivity contribution < 1.29 is 18.0 Å². The van der Waals surface area contributed by atoms with E-state index >= 15 is 0 Å². The minimum absolute atomic E-state index is 0.00306. The largest absolute Gasteiger partial charge is 0.417 e. The van der Waals surface area contributed by atoms with Crippen LogP contribution in [-0.4, -0.2) is 26.0 Å². The number of nitrogens with zero attached hydrogens (tertiary/aromatic N) is 3. The fraction of sp³-hybridized carbons (Fsp3) is 0.0909. The molecule has 0 bridgehead atoms. The molecule has 5 nitrogen and oxygen atoms in total. The van der Waals surface area contributed by atoms with E-state index in [-0.39, 0.29) is 11.4 Å². The molecule has 10 heteroatoms. The number of rotatable bonds is 6. The molecular formula is C22H16ClF3N4OS. The van der Waals surface area contributed by atoms with E-state index in [4.69, 9.17) is 11.6 Å². The van der Waals surface area contributed by atoms with Crippen molar-refractivity contribution in [3.63, 3.8) is 0 Å². The zero-order valence-corrected chi connectivity index (χ0v) is 18.0. The zero-order chi connectivity index (χ0) is 22.7. The van der Waals surface area contributed by atoms with Gasteiger partial charge in [0.1, 0.15) is 0 Å². The third kappa shape index (κ3) is 4.84. The highest BCUT2D eigenvalue weighted by Gasteiger charge is 2.33. The van der Waals surface area contributed by atoms with Gasteiger partial charge in [0, 0.05) is 24.3 Å². The van der Waals surface area contributed by atoms with Crippen LogP contribution in [0.1, 0.15) is 5.56 Å². The van der Waals surface area contributed by atoms with Crippen LogP contribution in [0, 0.1) is 0 Å². The van der Waals surface area contributed by atoms with Gasteiger partial charge in [-0.3, -0.25) is 14.5 Å². The Kier molecular flexibility index (Phi) is 6.29. The molecule has 4 aromatic rings. The van der Waals surface area contributed by atoms with Crippen molar-refractivity contribution in [3.8, 4) is 11.4 Å². The first-order valence-electron chi connectivity index (χ1n) is 9.39. The average molecular weight is 477 g/mol. The highest BCUT2D eigenvalue weighted by atomic mass is 35.5. The molecule has 1 amide bonds. The van der Waals surface area contributed by atoms with E-state index < -0.39 is 22.7 Å². The second-order valence-corrected chi connectivity index (χ2v) is 8.08. The highest BCUT2D eigenvalue weighted by molar-refractivity contribution is 7.99. The number of anilines is 1. The van der Waals surface area contributed by atoms with E-state index in [9.17, 15) is 18.0 Å². The number of benzene rings is 1. The lowest BCUT2D eigenvalue weighted by Crippen LogP contribution is -2.16. The maximum absolute atomic E-state index is 13.0. The Hall–Kier alpha value is -3.17. The second kappa shape index (κ2) is 9.13. The summed E-state index contributed by atoms with van der Waals surface area (Å²) in [6.07, 6.45) is 0.821. The van der Waals surface area contributed by atoms with Gasteiger partial charge < -0.3 is 5.32 Å². The molecule has 3 aromatic heterocycles. The Bertz CT molecular complexity index is 1220. The third-order valence-corrected chi connectivity index (χ3v) is 5.82. The van der Waals surface area contributed by atoms with E-state index in [0.29, 0.717) is 0 Å². The van der Waals surface area contributed by atoms with Gasteiger partial charge in [-0.2, -0.15) is 13.2 Å². The minimum Gasteiger partial charge on any atom is -0.325 e. The molecule has 3 heterocycles. The molecular weight excluding hydrogens is 461 g/mol. The van der Waals surface area contributed by atoms with Crippen molar-refractivity contribution in [2.75, 3.05) is 11.1 Å². The summed E-state index contributed by atoms with van der Waals surface area (Å²) in [5.41, 5.74) is 0.629. The van der Waals surface area contributed by atoms with Gasteiger partial charge in [-0.1, -0.05) is 29.4 Å². The summed E-state index contributed by atoms with van der Waals surface area (Å²) in [5, 5.41) is 2.85. The fourth-order valence-electron chi connectivity index (χ4n) is 3.08. The minimum atomic E-state index is -4.61. The average Bonchev–Trinajstić information content (AvgIpc) is 3.43. The Morgan fingerprint density at radius 2 is 1.84 bits per heavy atom. The lowest BCUT2D eigenvalue weighted by atomic mass is 10.2. The summed E-state index contributed by atoms with van der Waals surface area (Å²) in [5.74, 6) is -0.443. The predicted octanol–water partition coefficient (Wildman–Crippen LogP) is 6.07. The number of nitrogens with one attached hydrogen (secondary N) is 1. The van der Waals surface area contributed by atoms with Crippen LogP contribution < -0.4 is 5.32 Å². The summed E-state index contributed by atoms with van der Waals surface area (Å²) in [6, 6.07) is 16.4. The van der Waals surface area contributed by atoms with Crippen LogP contribution in [0.3, 0.4) is 0 Å². The number of carbonyl (C=O) groups is 1. The molecule has 0 aliphatic rings. The Morgan fingerprint density at radius 1 is 1.06 bits per heavy atom.